The molecule has 2 aliphatic heterocycles. The molecule has 1 saturated heterocycles. The molecule has 16 heteroatoms. The van der Waals surface area contributed by atoms with Crippen LogP contribution in [0.1, 0.15) is 28.2 Å². The predicted molar refractivity (Wildman–Crippen MR) is 242 cm³/mol. The molecule has 0 radical (unpaired) electrons. The smallest absolute Gasteiger partial charge is 0.249 e. The highest BCUT2D eigenvalue weighted by Crippen LogP contribution is 2.30. The van der Waals surface area contributed by atoms with Crippen LogP contribution in [-0.2, 0) is 31.0 Å². The number of anilines is 2. The van der Waals surface area contributed by atoms with E-state index in [0.717, 1.165) is 42.9 Å². The number of carbonyl (C=O) groups is 1. The van der Waals surface area contributed by atoms with Crippen molar-refractivity contribution in [2.24, 2.45) is 0 Å². The van der Waals surface area contributed by atoms with E-state index in [1.807, 2.05) is 72.8 Å². The number of pyridine rings is 1. The number of carbonyl (C=O) groups excluding carboxylic acids is 1. The van der Waals surface area contributed by atoms with Crippen molar-refractivity contribution in [3.05, 3.63) is 166 Å². The molecule has 322 valence electrons. The van der Waals surface area contributed by atoms with Gasteiger partial charge < -0.3 is 25.5 Å². The second kappa shape index (κ2) is 17.7. The van der Waals surface area contributed by atoms with Crippen molar-refractivity contribution in [3.8, 4) is 11.3 Å². The van der Waals surface area contributed by atoms with Gasteiger partial charge in [0.1, 0.15) is 41.1 Å². The molecule has 0 bridgehead atoms. The molecule has 1 amide bonds. The minimum Gasteiger partial charge on any atom is -0.372 e. The van der Waals surface area contributed by atoms with Crippen LogP contribution in [0.3, 0.4) is 0 Å². The maximum Gasteiger partial charge on any atom is 0.249 e. The molecule has 3 N–H and O–H groups in total. The minimum atomic E-state index is -1.05. The lowest BCUT2D eigenvalue weighted by atomic mass is 9.93. The van der Waals surface area contributed by atoms with Crippen molar-refractivity contribution >= 4 is 56.5 Å². The Kier molecular flexibility index (Phi) is 11.4. The lowest BCUT2D eigenvalue weighted by Crippen LogP contribution is -2.39. The first kappa shape index (κ1) is 41.1. The molecule has 0 aliphatic carbocycles. The number of aliphatic hydroxyl groups is 1. The van der Waals surface area contributed by atoms with Crippen molar-refractivity contribution in [2.45, 2.75) is 38.3 Å². The fourth-order valence-corrected chi connectivity index (χ4v) is 8.56. The van der Waals surface area contributed by atoms with Gasteiger partial charge in [0.25, 0.3) is 0 Å². The number of nitrogens with one attached hydrogen (secondary N) is 2. The fraction of sp³-hybridized carbons (Fsp3) is 0.208. The average Bonchev–Trinajstić information content (AvgIpc) is 4.06. The number of hydrogen-bond acceptors (Lipinski definition) is 10. The van der Waals surface area contributed by atoms with Crippen LogP contribution < -0.4 is 20.4 Å². The van der Waals surface area contributed by atoms with Gasteiger partial charge in [-0.2, -0.15) is 0 Å². The summed E-state index contributed by atoms with van der Waals surface area (Å²) in [6.45, 7) is 3.59. The zero-order valence-corrected chi connectivity index (χ0v) is 35.2. The normalized spacial score (nSPS) is 14.5. The fourth-order valence-electron chi connectivity index (χ4n) is 8.32. The van der Waals surface area contributed by atoms with Crippen LogP contribution in [0.2, 0.25) is 5.02 Å². The number of aromatic nitrogens is 7. The number of halogens is 3. The predicted octanol–water partition coefficient (Wildman–Crippen LogP) is 7.10. The second-order valence-corrected chi connectivity index (χ2v) is 16.5. The van der Waals surface area contributed by atoms with Crippen molar-refractivity contribution in [3.63, 3.8) is 0 Å². The quantitative estimate of drug-likeness (QED) is 0.0970. The number of nitrogens with zero attached hydrogens (tertiary/aromatic N) is 9. The number of para-hydroxylation sites is 1. The van der Waals surface area contributed by atoms with Crippen molar-refractivity contribution in [1.82, 2.24) is 45.6 Å². The molecule has 2 aliphatic rings. The third kappa shape index (κ3) is 8.58. The lowest BCUT2D eigenvalue weighted by Gasteiger charge is -2.30. The third-order valence-electron chi connectivity index (χ3n) is 11.8. The number of benzene rings is 5. The van der Waals surface area contributed by atoms with Crippen LogP contribution in [0.25, 0.3) is 38.9 Å². The summed E-state index contributed by atoms with van der Waals surface area (Å²) < 4.78 is 33.7. The number of hydrogen-bond donors (Lipinski definition) is 3. The molecule has 8 aromatic rings. The molecular weight excluding hydrogens is 836 g/mol. The number of fused-ring (bicyclic) bond motifs is 2. The molecule has 0 spiro atoms. The van der Waals surface area contributed by atoms with E-state index in [-0.39, 0.29) is 42.8 Å². The summed E-state index contributed by atoms with van der Waals surface area (Å²) in [5.41, 5.74) is 9.03. The van der Waals surface area contributed by atoms with Crippen molar-refractivity contribution < 1.29 is 18.7 Å². The standard InChI is InChI=1S/C48H42ClF2N11O2/c49-37-17-30(18-38(50)21-37)26-59(39-12-7-33(8-13-39)36-24-53-25-36)46(63)29-62-45-14-9-34(20-43(45)56-58-62)48-41(51)19-31(22-54-48)27-60(40-10-5-32(6-11-40)35-15-16-52-23-35)47(64)28-61-44-4-2-1-3-42(44)55-57-61/h1-15,17-22,36,47,52-53,64H,16,23-29H2. The van der Waals surface area contributed by atoms with Crippen LogP contribution >= 0.6 is 11.6 Å². The zero-order chi connectivity index (χ0) is 43.7. The van der Waals surface area contributed by atoms with Crippen molar-refractivity contribution in [1.29, 1.82) is 0 Å². The molecule has 1 unspecified atom stereocenters. The topological polar surface area (TPSA) is 142 Å². The Hall–Kier alpha value is -6.91. The highest BCUT2D eigenvalue weighted by atomic mass is 35.5. The Labute approximate surface area is 371 Å². The van der Waals surface area contributed by atoms with Gasteiger partial charge in [-0.05, 0) is 101 Å². The van der Waals surface area contributed by atoms with E-state index in [9.17, 15) is 14.3 Å². The molecule has 10 rings (SSSR count). The molecule has 0 saturated carbocycles. The third-order valence-corrected chi connectivity index (χ3v) is 12.1. The van der Waals surface area contributed by atoms with Gasteiger partial charge in [-0.3, -0.25) is 9.78 Å². The largest absolute Gasteiger partial charge is 0.372 e. The number of aliphatic hydroxyl groups excluding tert-OH is 1. The molecular formula is C48H42ClF2N11O2. The summed E-state index contributed by atoms with van der Waals surface area (Å²) in [5, 5.41) is 35.7. The first-order valence-electron chi connectivity index (χ1n) is 21.0. The first-order valence-corrected chi connectivity index (χ1v) is 21.4. The summed E-state index contributed by atoms with van der Waals surface area (Å²) in [4.78, 5) is 22.0. The molecule has 1 atom stereocenters. The summed E-state index contributed by atoms with van der Waals surface area (Å²) in [6.07, 6.45) is 2.71. The maximum atomic E-state index is 16.1. The van der Waals surface area contributed by atoms with E-state index in [1.165, 1.54) is 34.0 Å². The van der Waals surface area contributed by atoms with E-state index in [1.54, 1.807) is 44.9 Å². The van der Waals surface area contributed by atoms with Gasteiger partial charge in [-0.15, -0.1) is 10.2 Å². The zero-order valence-electron chi connectivity index (χ0n) is 34.5. The summed E-state index contributed by atoms with van der Waals surface area (Å²) in [5.74, 6) is -0.931. The Bertz CT molecular complexity index is 3000. The van der Waals surface area contributed by atoms with Gasteiger partial charge >= 0.3 is 0 Å². The van der Waals surface area contributed by atoms with Gasteiger partial charge in [0, 0.05) is 66.8 Å². The van der Waals surface area contributed by atoms with Crippen LogP contribution in [0, 0.1) is 11.6 Å². The van der Waals surface area contributed by atoms with Gasteiger partial charge in [0.15, 0.2) is 0 Å². The number of rotatable bonds is 14. The summed E-state index contributed by atoms with van der Waals surface area (Å²) in [7, 11) is 0. The molecule has 13 nitrogen and oxygen atoms in total. The minimum absolute atomic E-state index is 0.0801. The lowest BCUT2D eigenvalue weighted by molar-refractivity contribution is -0.119. The Balaban J connectivity index is 0.883. The van der Waals surface area contributed by atoms with Gasteiger partial charge in [-0.1, -0.05) is 70.6 Å². The highest BCUT2D eigenvalue weighted by Gasteiger charge is 2.24. The van der Waals surface area contributed by atoms with Gasteiger partial charge in [-0.25, -0.2) is 18.1 Å². The maximum absolute atomic E-state index is 16.1. The van der Waals surface area contributed by atoms with E-state index in [2.05, 4.69) is 42.3 Å². The van der Waals surface area contributed by atoms with Crippen LogP contribution in [-0.4, -0.2) is 78.4 Å². The van der Waals surface area contributed by atoms with Gasteiger partial charge in [0.05, 0.1) is 24.1 Å². The monoisotopic (exact) mass is 877 g/mol. The summed E-state index contributed by atoms with van der Waals surface area (Å²) in [6, 6.07) is 34.1. The van der Waals surface area contributed by atoms with Gasteiger partial charge in [0.2, 0.25) is 5.91 Å². The molecule has 1 fully saturated rings. The second-order valence-electron chi connectivity index (χ2n) is 16.1. The van der Waals surface area contributed by atoms with Crippen LogP contribution in [0.4, 0.5) is 20.2 Å². The first-order chi connectivity index (χ1) is 31.2. The SMILES string of the molecule is O=C(Cn1nnc2cc(-c3ncc(CN(c4ccc(C5=CCNC5)cc4)C(O)Cn4nnc5ccccc54)cc3F)ccc21)N(Cc1cc(F)cc(Cl)c1)c1ccc(C2CNC2)cc1. The molecule has 5 heterocycles. The van der Waals surface area contributed by atoms with Crippen LogP contribution in [0.5, 0.6) is 0 Å². The van der Waals surface area contributed by atoms with E-state index < -0.39 is 17.9 Å². The van der Waals surface area contributed by atoms with Crippen molar-refractivity contribution in [2.75, 3.05) is 36.0 Å². The van der Waals surface area contributed by atoms with Crippen LogP contribution in [0.15, 0.2) is 128 Å². The molecule has 3 aromatic heterocycles. The van der Waals surface area contributed by atoms with E-state index in [0.29, 0.717) is 44.8 Å². The Morgan fingerprint density at radius 3 is 2.30 bits per heavy atom. The molecule has 5 aromatic carbocycles. The number of amides is 1. The molecule has 64 heavy (non-hydrogen) atoms. The van der Waals surface area contributed by atoms with E-state index in [4.69, 9.17) is 11.6 Å². The Morgan fingerprint density at radius 2 is 1.55 bits per heavy atom. The van der Waals surface area contributed by atoms with E-state index >= 15 is 4.39 Å². The highest BCUT2D eigenvalue weighted by molar-refractivity contribution is 6.30. The average molecular weight is 878 g/mol. The Morgan fingerprint density at radius 1 is 0.797 bits per heavy atom. The summed E-state index contributed by atoms with van der Waals surface area (Å²) >= 11 is 6.19.